The minimum absolute atomic E-state index is 0.00746. The summed E-state index contributed by atoms with van der Waals surface area (Å²) in [5.41, 5.74) is 0.622. The summed E-state index contributed by atoms with van der Waals surface area (Å²) in [7, 11) is 0. The SMILES string of the molecule is Cc1c(=O)ncn2cnn(Cc3nc([C@@H]4CO[C@@H](c5ccc(Cl)cc5)C4)no3)c(=O)c12. The number of nitrogens with zero attached hydrogens (tertiary/aromatic N) is 6. The molecule has 11 heteroatoms. The van der Waals surface area contributed by atoms with E-state index in [1.165, 1.54) is 21.7 Å². The van der Waals surface area contributed by atoms with Crippen LogP contribution in [0.15, 0.2) is 51.0 Å². The Balaban J connectivity index is 1.35. The highest BCUT2D eigenvalue weighted by atomic mass is 35.5. The van der Waals surface area contributed by atoms with E-state index in [9.17, 15) is 9.59 Å². The molecule has 1 aromatic carbocycles. The van der Waals surface area contributed by atoms with Crippen molar-refractivity contribution in [2.45, 2.75) is 31.9 Å². The van der Waals surface area contributed by atoms with E-state index in [2.05, 4.69) is 20.2 Å². The molecule has 0 saturated carbocycles. The fraction of sp³-hybridized carbons (Fsp3) is 0.300. The second kappa shape index (κ2) is 7.71. The van der Waals surface area contributed by atoms with Gasteiger partial charge in [0.15, 0.2) is 5.82 Å². The third-order valence-corrected chi connectivity index (χ3v) is 5.61. The van der Waals surface area contributed by atoms with E-state index in [0.717, 1.165) is 5.56 Å². The molecular weight excluding hydrogens is 424 g/mol. The van der Waals surface area contributed by atoms with Crippen LogP contribution in [0.25, 0.3) is 5.52 Å². The van der Waals surface area contributed by atoms with Gasteiger partial charge < -0.3 is 9.26 Å². The lowest BCUT2D eigenvalue weighted by atomic mass is 10.0. The van der Waals surface area contributed by atoms with Crippen molar-refractivity contribution in [3.63, 3.8) is 0 Å². The van der Waals surface area contributed by atoms with E-state index in [1.807, 2.05) is 24.3 Å². The lowest BCUT2D eigenvalue weighted by Gasteiger charge is -2.09. The van der Waals surface area contributed by atoms with E-state index in [-0.39, 0.29) is 35.5 Å². The zero-order chi connectivity index (χ0) is 21.5. The topological polar surface area (TPSA) is 117 Å². The molecule has 5 rings (SSSR count). The van der Waals surface area contributed by atoms with Gasteiger partial charge in [0.05, 0.1) is 12.7 Å². The summed E-state index contributed by atoms with van der Waals surface area (Å²) in [6.45, 7) is 2.01. The van der Waals surface area contributed by atoms with Gasteiger partial charge >= 0.3 is 0 Å². The zero-order valence-corrected chi connectivity index (χ0v) is 17.2. The van der Waals surface area contributed by atoms with Crippen molar-refractivity contribution in [1.82, 2.24) is 29.3 Å². The van der Waals surface area contributed by atoms with E-state index < -0.39 is 11.1 Å². The van der Waals surface area contributed by atoms with Gasteiger partial charge in [-0.3, -0.25) is 14.0 Å². The Morgan fingerprint density at radius 1 is 1.19 bits per heavy atom. The van der Waals surface area contributed by atoms with Gasteiger partial charge in [-0.05, 0) is 31.0 Å². The predicted octanol–water partition coefficient (Wildman–Crippen LogP) is 1.89. The smallest absolute Gasteiger partial charge is 0.292 e. The maximum atomic E-state index is 12.8. The molecule has 0 unspecified atom stereocenters. The molecule has 0 N–H and O–H groups in total. The first-order valence-electron chi connectivity index (χ1n) is 9.63. The quantitative estimate of drug-likeness (QED) is 0.472. The van der Waals surface area contributed by atoms with Crippen molar-refractivity contribution in [3.05, 3.63) is 85.5 Å². The van der Waals surface area contributed by atoms with E-state index in [1.54, 1.807) is 6.92 Å². The average Bonchev–Trinajstić information content (AvgIpc) is 3.43. The minimum Gasteiger partial charge on any atom is -0.373 e. The molecule has 1 saturated heterocycles. The van der Waals surface area contributed by atoms with Crippen molar-refractivity contribution in [3.8, 4) is 0 Å². The molecule has 2 atom stereocenters. The third-order valence-electron chi connectivity index (χ3n) is 5.36. The summed E-state index contributed by atoms with van der Waals surface area (Å²) in [4.78, 5) is 32.7. The molecular formula is C20H17ClN6O4. The van der Waals surface area contributed by atoms with Crippen molar-refractivity contribution in [2.75, 3.05) is 6.61 Å². The summed E-state index contributed by atoms with van der Waals surface area (Å²) in [6.07, 6.45) is 3.33. The molecule has 1 aliphatic heterocycles. The van der Waals surface area contributed by atoms with Crippen LogP contribution in [0.1, 0.15) is 41.3 Å². The van der Waals surface area contributed by atoms with Crippen LogP contribution < -0.4 is 11.1 Å². The largest absolute Gasteiger partial charge is 0.373 e. The number of hydrogen-bond donors (Lipinski definition) is 0. The molecule has 0 amide bonds. The van der Waals surface area contributed by atoms with Gasteiger partial charge in [0, 0.05) is 16.5 Å². The first-order valence-corrected chi connectivity index (χ1v) is 10.0. The molecule has 1 aliphatic rings. The lowest BCUT2D eigenvalue weighted by Crippen LogP contribution is -2.29. The Bertz CT molecular complexity index is 1380. The number of benzene rings is 1. The second-order valence-electron chi connectivity index (χ2n) is 7.38. The van der Waals surface area contributed by atoms with Gasteiger partial charge in [0.2, 0.25) is 5.89 Å². The van der Waals surface area contributed by atoms with Gasteiger partial charge in [-0.2, -0.15) is 15.1 Å². The summed E-state index contributed by atoms with van der Waals surface area (Å²) in [5, 5.41) is 8.84. The van der Waals surface area contributed by atoms with Gasteiger partial charge in [-0.25, -0.2) is 4.68 Å². The molecule has 4 heterocycles. The highest BCUT2D eigenvalue weighted by Crippen LogP contribution is 2.37. The standard InChI is InChI=1S/C20H17ClN6O4/c1-11-17-20(29)27(23-10-26(17)9-22-19(11)28)7-16-24-18(25-31-16)13-6-15(30-8-13)12-2-4-14(21)5-3-12/h2-5,9-10,13,15H,6-8H2,1H3/t13-,15+/m0/s1. The van der Waals surface area contributed by atoms with E-state index >= 15 is 0 Å². The third kappa shape index (κ3) is 3.64. The van der Waals surface area contributed by atoms with Crippen LogP contribution in [-0.4, -0.2) is 35.9 Å². The number of aromatic nitrogens is 6. The van der Waals surface area contributed by atoms with Crippen LogP contribution in [0.4, 0.5) is 0 Å². The highest BCUT2D eigenvalue weighted by molar-refractivity contribution is 6.30. The molecule has 3 aromatic heterocycles. The Morgan fingerprint density at radius 2 is 2.00 bits per heavy atom. The van der Waals surface area contributed by atoms with E-state index in [0.29, 0.717) is 23.9 Å². The molecule has 158 valence electrons. The number of aryl methyl sites for hydroxylation is 1. The van der Waals surface area contributed by atoms with Crippen LogP contribution in [0, 0.1) is 6.92 Å². The van der Waals surface area contributed by atoms with Gasteiger partial charge in [-0.15, -0.1) is 0 Å². The van der Waals surface area contributed by atoms with Crippen LogP contribution >= 0.6 is 11.6 Å². The normalized spacial score (nSPS) is 18.6. The lowest BCUT2D eigenvalue weighted by molar-refractivity contribution is 0.110. The summed E-state index contributed by atoms with van der Waals surface area (Å²) >= 11 is 5.95. The molecule has 1 fully saturated rings. The zero-order valence-electron chi connectivity index (χ0n) is 16.4. The second-order valence-corrected chi connectivity index (χ2v) is 7.81. The first kappa shape index (κ1) is 19.6. The molecule has 0 spiro atoms. The first-order chi connectivity index (χ1) is 15.0. The molecule has 0 radical (unpaired) electrons. The van der Waals surface area contributed by atoms with Crippen molar-refractivity contribution in [1.29, 1.82) is 0 Å². The number of hydrogen-bond acceptors (Lipinski definition) is 8. The average molecular weight is 441 g/mol. The Kier molecular flexibility index (Phi) is 4.87. The van der Waals surface area contributed by atoms with Crippen molar-refractivity contribution >= 4 is 17.1 Å². The fourth-order valence-electron chi connectivity index (χ4n) is 3.67. The van der Waals surface area contributed by atoms with Gasteiger partial charge in [0.25, 0.3) is 11.1 Å². The maximum Gasteiger partial charge on any atom is 0.292 e. The van der Waals surface area contributed by atoms with Crippen LogP contribution in [0.3, 0.4) is 0 Å². The van der Waals surface area contributed by atoms with Gasteiger partial charge in [-0.1, -0.05) is 28.9 Å². The summed E-state index contributed by atoms with van der Waals surface area (Å²) in [5.74, 6) is 0.751. The molecule has 10 nitrogen and oxygen atoms in total. The summed E-state index contributed by atoms with van der Waals surface area (Å²) < 4.78 is 13.8. The summed E-state index contributed by atoms with van der Waals surface area (Å²) in [6, 6.07) is 7.55. The Labute approximate surface area is 180 Å². The van der Waals surface area contributed by atoms with Gasteiger partial charge in [0.1, 0.15) is 24.7 Å². The highest BCUT2D eigenvalue weighted by Gasteiger charge is 2.31. The van der Waals surface area contributed by atoms with Crippen LogP contribution in [0.2, 0.25) is 5.02 Å². The molecule has 0 bridgehead atoms. The Morgan fingerprint density at radius 3 is 2.81 bits per heavy atom. The number of ether oxygens (including phenoxy) is 1. The van der Waals surface area contributed by atoms with Crippen LogP contribution in [0.5, 0.6) is 0 Å². The molecule has 4 aromatic rings. The fourth-order valence-corrected chi connectivity index (χ4v) is 3.80. The molecule has 0 aliphatic carbocycles. The van der Waals surface area contributed by atoms with Crippen molar-refractivity contribution < 1.29 is 9.26 Å². The van der Waals surface area contributed by atoms with Crippen LogP contribution in [-0.2, 0) is 11.3 Å². The predicted molar refractivity (Wildman–Crippen MR) is 109 cm³/mol. The Hall–Kier alpha value is -3.37. The number of rotatable bonds is 4. The van der Waals surface area contributed by atoms with Crippen molar-refractivity contribution in [2.24, 2.45) is 0 Å². The maximum absolute atomic E-state index is 12.8. The molecule has 31 heavy (non-hydrogen) atoms. The number of fused-ring (bicyclic) bond motifs is 1. The minimum atomic E-state index is -0.452. The van der Waals surface area contributed by atoms with E-state index in [4.69, 9.17) is 20.9 Å². The monoisotopic (exact) mass is 440 g/mol. The number of halogens is 1.